The number of ether oxygens (including phenoxy) is 1. The molecular formula is C15H23NO. The Balaban J connectivity index is 1.38. The fourth-order valence-corrected chi connectivity index (χ4v) is 1.84. The van der Waals surface area contributed by atoms with Crippen molar-refractivity contribution < 1.29 is 4.74 Å². The molecule has 0 aromatic heterocycles. The molecule has 1 N–H and O–H groups in total. The Kier molecular flexibility index (Phi) is 5.53. The Hall–Kier alpha value is -0.860. The van der Waals surface area contributed by atoms with Crippen molar-refractivity contribution in [1.29, 1.82) is 0 Å². The molecule has 2 heteroatoms. The summed E-state index contributed by atoms with van der Waals surface area (Å²) in [6, 6.07) is 10.6. The molecule has 1 aromatic rings. The van der Waals surface area contributed by atoms with Gasteiger partial charge < -0.3 is 10.1 Å². The van der Waals surface area contributed by atoms with Gasteiger partial charge in [0.25, 0.3) is 0 Å². The zero-order chi connectivity index (χ0) is 11.8. The van der Waals surface area contributed by atoms with E-state index in [-0.39, 0.29) is 0 Å². The zero-order valence-electron chi connectivity index (χ0n) is 10.5. The first-order chi connectivity index (χ1) is 8.45. The van der Waals surface area contributed by atoms with Crippen LogP contribution in [0.1, 0.15) is 24.8 Å². The van der Waals surface area contributed by atoms with Crippen molar-refractivity contribution in [2.75, 3.05) is 26.3 Å². The Bertz CT molecular complexity index is 295. The second kappa shape index (κ2) is 7.46. The van der Waals surface area contributed by atoms with Crippen molar-refractivity contribution >= 4 is 0 Å². The Morgan fingerprint density at radius 2 is 1.94 bits per heavy atom. The van der Waals surface area contributed by atoms with Crippen LogP contribution in [0.15, 0.2) is 30.3 Å². The molecule has 17 heavy (non-hydrogen) atoms. The van der Waals surface area contributed by atoms with Crippen molar-refractivity contribution in [3.05, 3.63) is 35.9 Å². The normalized spacial score (nSPS) is 15.1. The molecule has 2 rings (SSSR count). The Labute approximate surface area is 104 Å². The number of nitrogens with one attached hydrogen (secondary N) is 1. The topological polar surface area (TPSA) is 21.3 Å². The largest absolute Gasteiger partial charge is 0.381 e. The molecule has 0 bridgehead atoms. The van der Waals surface area contributed by atoms with Gasteiger partial charge in [-0.1, -0.05) is 30.3 Å². The summed E-state index contributed by atoms with van der Waals surface area (Å²) in [5, 5.41) is 3.46. The summed E-state index contributed by atoms with van der Waals surface area (Å²) in [7, 11) is 0. The minimum absolute atomic E-state index is 0.890. The molecule has 0 atom stereocenters. The van der Waals surface area contributed by atoms with Crippen LogP contribution in [0.25, 0.3) is 0 Å². The van der Waals surface area contributed by atoms with Crippen LogP contribution in [0.3, 0.4) is 0 Å². The van der Waals surface area contributed by atoms with Crippen LogP contribution < -0.4 is 5.32 Å². The van der Waals surface area contributed by atoms with Crippen molar-refractivity contribution in [3.63, 3.8) is 0 Å². The van der Waals surface area contributed by atoms with E-state index in [0.717, 1.165) is 45.1 Å². The smallest absolute Gasteiger partial charge is 0.0494 e. The van der Waals surface area contributed by atoms with Crippen LogP contribution in [0, 0.1) is 5.92 Å². The van der Waals surface area contributed by atoms with Crippen molar-refractivity contribution in [2.45, 2.75) is 25.7 Å². The first-order valence-electron chi connectivity index (χ1n) is 6.77. The molecule has 0 saturated heterocycles. The SMILES string of the molecule is c1ccc(CCNCCCOCC2CC2)cc1. The van der Waals surface area contributed by atoms with Crippen LogP contribution in [0.2, 0.25) is 0 Å². The third-order valence-electron chi connectivity index (χ3n) is 3.13. The summed E-state index contributed by atoms with van der Waals surface area (Å²) >= 11 is 0. The van der Waals surface area contributed by atoms with Crippen LogP contribution in [0.5, 0.6) is 0 Å². The molecule has 2 nitrogen and oxygen atoms in total. The summed E-state index contributed by atoms with van der Waals surface area (Å²) in [6.45, 7) is 4.03. The standard InChI is InChI=1S/C15H23NO/c1-2-5-14(6-3-1)9-11-16-10-4-12-17-13-15-7-8-15/h1-3,5-6,15-16H,4,7-13H2. The number of hydrogen-bond donors (Lipinski definition) is 1. The maximum absolute atomic E-state index is 5.58. The van der Waals surface area contributed by atoms with Crippen LogP contribution in [-0.4, -0.2) is 26.3 Å². The van der Waals surface area contributed by atoms with Gasteiger partial charge in [-0.25, -0.2) is 0 Å². The van der Waals surface area contributed by atoms with Gasteiger partial charge in [0.1, 0.15) is 0 Å². The minimum Gasteiger partial charge on any atom is -0.381 e. The second-order valence-corrected chi connectivity index (χ2v) is 4.86. The lowest BCUT2D eigenvalue weighted by Gasteiger charge is -2.05. The van der Waals surface area contributed by atoms with Crippen molar-refractivity contribution in [2.24, 2.45) is 5.92 Å². The predicted molar refractivity (Wildman–Crippen MR) is 71.2 cm³/mol. The van der Waals surface area contributed by atoms with Gasteiger partial charge in [-0.2, -0.15) is 0 Å². The van der Waals surface area contributed by atoms with E-state index in [1.54, 1.807) is 0 Å². The van der Waals surface area contributed by atoms with E-state index in [1.165, 1.54) is 18.4 Å². The molecule has 1 aromatic carbocycles. The predicted octanol–water partition coefficient (Wildman–Crippen LogP) is 2.64. The Morgan fingerprint density at radius 3 is 2.71 bits per heavy atom. The molecular weight excluding hydrogens is 210 g/mol. The zero-order valence-corrected chi connectivity index (χ0v) is 10.5. The van der Waals surface area contributed by atoms with Gasteiger partial charge in [-0.15, -0.1) is 0 Å². The maximum atomic E-state index is 5.58. The average molecular weight is 233 g/mol. The summed E-state index contributed by atoms with van der Waals surface area (Å²) in [4.78, 5) is 0. The summed E-state index contributed by atoms with van der Waals surface area (Å²) in [6.07, 6.45) is 5.01. The molecule has 0 aliphatic heterocycles. The molecule has 1 aliphatic carbocycles. The van der Waals surface area contributed by atoms with E-state index in [2.05, 4.69) is 35.6 Å². The fourth-order valence-electron chi connectivity index (χ4n) is 1.84. The lowest BCUT2D eigenvalue weighted by Crippen LogP contribution is -2.19. The maximum Gasteiger partial charge on any atom is 0.0494 e. The van der Waals surface area contributed by atoms with Crippen molar-refractivity contribution in [1.82, 2.24) is 5.32 Å². The van der Waals surface area contributed by atoms with Gasteiger partial charge in [0.2, 0.25) is 0 Å². The van der Waals surface area contributed by atoms with Crippen LogP contribution in [0.4, 0.5) is 0 Å². The highest BCUT2D eigenvalue weighted by molar-refractivity contribution is 5.14. The lowest BCUT2D eigenvalue weighted by atomic mass is 10.1. The quantitative estimate of drug-likeness (QED) is 0.662. The van der Waals surface area contributed by atoms with E-state index in [4.69, 9.17) is 4.74 Å². The Morgan fingerprint density at radius 1 is 1.12 bits per heavy atom. The molecule has 0 unspecified atom stereocenters. The van der Waals surface area contributed by atoms with Crippen LogP contribution >= 0.6 is 0 Å². The third kappa shape index (κ3) is 5.85. The fraction of sp³-hybridized carbons (Fsp3) is 0.600. The molecule has 1 aliphatic rings. The van der Waals surface area contributed by atoms with Crippen molar-refractivity contribution in [3.8, 4) is 0 Å². The summed E-state index contributed by atoms with van der Waals surface area (Å²) < 4.78 is 5.58. The highest BCUT2D eigenvalue weighted by Crippen LogP contribution is 2.28. The molecule has 0 spiro atoms. The molecule has 0 radical (unpaired) electrons. The number of rotatable bonds is 9. The van der Waals surface area contributed by atoms with Gasteiger partial charge in [0.05, 0.1) is 0 Å². The first kappa shape index (κ1) is 12.6. The highest BCUT2D eigenvalue weighted by atomic mass is 16.5. The molecule has 1 fully saturated rings. The van der Waals surface area contributed by atoms with Gasteiger partial charge in [0.15, 0.2) is 0 Å². The van der Waals surface area contributed by atoms with E-state index in [1.807, 2.05) is 0 Å². The van der Waals surface area contributed by atoms with E-state index in [0.29, 0.717) is 0 Å². The number of hydrogen-bond acceptors (Lipinski definition) is 2. The highest BCUT2D eigenvalue weighted by Gasteiger charge is 2.20. The summed E-state index contributed by atoms with van der Waals surface area (Å²) in [5.74, 6) is 0.890. The second-order valence-electron chi connectivity index (χ2n) is 4.86. The lowest BCUT2D eigenvalue weighted by molar-refractivity contribution is 0.122. The minimum atomic E-state index is 0.890. The molecule has 1 saturated carbocycles. The van der Waals surface area contributed by atoms with E-state index < -0.39 is 0 Å². The summed E-state index contributed by atoms with van der Waals surface area (Å²) in [5.41, 5.74) is 1.41. The first-order valence-corrected chi connectivity index (χ1v) is 6.77. The number of benzene rings is 1. The van der Waals surface area contributed by atoms with Crippen LogP contribution in [-0.2, 0) is 11.2 Å². The average Bonchev–Trinajstić information content (AvgIpc) is 3.18. The van der Waals surface area contributed by atoms with Gasteiger partial charge in [0, 0.05) is 13.2 Å². The van der Waals surface area contributed by atoms with Gasteiger partial charge >= 0.3 is 0 Å². The molecule has 94 valence electrons. The molecule has 0 amide bonds. The molecule has 0 heterocycles. The van der Waals surface area contributed by atoms with Gasteiger partial charge in [-0.3, -0.25) is 0 Å². The van der Waals surface area contributed by atoms with Gasteiger partial charge in [-0.05, 0) is 50.3 Å². The monoisotopic (exact) mass is 233 g/mol. The van der Waals surface area contributed by atoms with E-state index in [9.17, 15) is 0 Å². The third-order valence-corrected chi connectivity index (χ3v) is 3.13. The van der Waals surface area contributed by atoms with E-state index >= 15 is 0 Å².